The highest BCUT2D eigenvalue weighted by molar-refractivity contribution is 7.89. The molecule has 0 amide bonds. The Morgan fingerprint density at radius 1 is 1.29 bits per heavy atom. The van der Waals surface area contributed by atoms with Crippen molar-refractivity contribution in [3.8, 4) is 0 Å². The zero-order chi connectivity index (χ0) is 12.5. The Kier molecular flexibility index (Phi) is 3.40. The Bertz CT molecular complexity index is 478. The molecular weight excluding hydrogens is 236 g/mol. The van der Waals surface area contributed by atoms with Crippen molar-refractivity contribution in [3.63, 3.8) is 0 Å². The van der Waals surface area contributed by atoms with Gasteiger partial charge in [-0.25, -0.2) is 8.42 Å². The van der Waals surface area contributed by atoms with Crippen molar-refractivity contribution in [1.82, 2.24) is 4.31 Å². The van der Waals surface area contributed by atoms with Crippen LogP contribution in [0.2, 0.25) is 0 Å². The average Bonchev–Trinajstić information content (AvgIpc) is 3.13. The van der Waals surface area contributed by atoms with Gasteiger partial charge in [0.1, 0.15) is 0 Å². The van der Waals surface area contributed by atoms with Crippen LogP contribution in [0.5, 0.6) is 0 Å². The normalized spacial score (nSPS) is 16.2. The molecule has 0 atom stereocenters. The molecule has 1 saturated carbocycles. The number of anilines is 1. The zero-order valence-electron chi connectivity index (χ0n) is 10.2. The van der Waals surface area contributed by atoms with Crippen molar-refractivity contribution in [2.24, 2.45) is 0 Å². The summed E-state index contributed by atoms with van der Waals surface area (Å²) < 4.78 is 25.9. The number of sulfonamides is 1. The fourth-order valence-electron chi connectivity index (χ4n) is 1.75. The van der Waals surface area contributed by atoms with Crippen LogP contribution in [0, 0.1) is 0 Å². The lowest BCUT2D eigenvalue weighted by molar-refractivity contribution is 0.464. The van der Waals surface area contributed by atoms with E-state index in [1.807, 2.05) is 6.92 Å². The molecule has 0 aromatic heterocycles. The first-order valence-electron chi connectivity index (χ1n) is 5.87. The van der Waals surface area contributed by atoms with Crippen LogP contribution in [0.25, 0.3) is 0 Å². The largest absolute Gasteiger partial charge is 0.385 e. The molecule has 4 nitrogen and oxygen atoms in total. The lowest BCUT2D eigenvalue weighted by atomic mass is 10.3. The lowest BCUT2D eigenvalue weighted by Gasteiger charge is -2.16. The number of benzene rings is 1. The third kappa shape index (κ3) is 2.61. The third-order valence-electron chi connectivity index (χ3n) is 2.97. The molecule has 0 aliphatic heterocycles. The summed E-state index contributed by atoms with van der Waals surface area (Å²) in [6, 6.07) is 7.13. The smallest absolute Gasteiger partial charge is 0.243 e. The highest BCUT2D eigenvalue weighted by atomic mass is 32.2. The monoisotopic (exact) mass is 254 g/mol. The molecule has 1 fully saturated rings. The minimum absolute atomic E-state index is 0.202. The summed E-state index contributed by atoms with van der Waals surface area (Å²) in [5.74, 6) is 0. The summed E-state index contributed by atoms with van der Waals surface area (Å²) in [6.45, 7) is 2.83. The molecule has 0 spiro atoms. The summed E-state index contributed by atoms with van der Waals surface area (Å²) in [5, 5.41) is 3.14. The van der Waals surface area contributed by atoms with Crippen LogP contribution in [0.4, 0.5) is 5.69 Å². The molecule has 1 aliphatic rings. The maximum Gasteiger partial charge on any atom is 0.243 e. The molecule has 0 unspecified atom stereocenters. The van der Waals surface area contributed by atoms with E-state index in [0.29, 0.717) is 4.90 Å². The Labute approximate surface area is 103 Å². The zero-order valence-corrected chi connectivity index (χ0v) is 11.0. The van der Waals surface area contributed by atoms with E-state index in [4.69, 9.17) is 0 Å². The molecule has 1 aliphatic carbocycles. The van der Waals surface area contributed by atoms with Gasteiger partial charge in [0, 0.05) is 25.3 Å². The maximum atomic E-state index is 12.2. The summed E-state index contributed by atoms with van der Waals surface area (Å²) in [6.07, 6.45) is 1.95. The van der Waals surface area contributed by atoms with E-state index in [1.54, 1.807) is 31.3 Å². The van der Waals surface area contributed by atoms with Crippen LogP contribution in [0.3, 0.4) is 0 Å². The van der Waals surface area contributed by atoms with Gasteiger partial charge in [0.25, 0.3) is 0 Å². The quantitative estimate of drug-likeness (QED) is 0.873. The highest BCUT2D eigenvalue weighted by Crippen LogP contribution is 2.30. The topological polar surface area (TPSA) is 49.4 Å². The molecule has 1 aromatic carbocycles. The molecular formula is C12H18N2O2S. The Morgan fingerprint density at radius 2 is 1.88 bits per heavy atom. The second-order valence-electron chi connectivity index (χ2n) is 4.31. The van der Waals surface area contributed by atoms with Gasteiger partial charge in [0.05, 0.1) is 4.90 Å². The second-order valence-corrected chi connectivity index (χ2v) is 6.30. The minimum atomic E-state index is -3.30. The van der Waals surface area contributed by atoms with Crippen LogP contribution in [0.15, 0.2) is 29.2 Å². The Hall–Kier alpha value is -1.07. The van der Waals surface area contributed by atoms with Gasteiger partial charge in [-0.1, -0.05) is 0 Å². The predicted molar refractivity (Wildman–Crippen MR) is 68.6 cm³/mol. The number of rotatable bonds is 5. The van der Waals surface area contributed by atoms with Gasteiger partial charge in [-0.2, -0.15) is 4.31 Å². The van der Waals surface area contributed by atoms with Crippen molar-refractivity contribution in [3.05, 3.63) is 24.3 Å². The van der Waals surface area contributed by atoms with Gasteiger partial charge in [0.15, 0.2) is 0 Å². The second kappa shape index (κ2) is 4.66. The molecule has 1 N–H and O–H groups in total. The fraction of sp³-hybridized carbons (Fsp3) is 0.500. The summed E-state index contributed by atoms with van der Waals surface area (Å²) >= 11 is 0. The number of nitrogens with zero attached hydrogens (tertiary/aromatic N) is 1. The van der Waals surface area contributed by atoms with E-state index < -0.39 is 10.0 Å². The van der Waals surface area contributed by atoms with Crippen molar-refractivity contribution in [2.45, 2.75) is 30.7 Å². The van der Waals surface area contributed by atoms with Crippen LogP contribution in [0.1, 0.15) is 19.8 Å². The molecule has 0 bridgehead atoms. The SMILES string of the molecule is CCNc1ccc(S(=O)(=O)N(C)C2CC2)cc1. The van der Waals surface area contributed by atoms with E-state index in [-0.39, 0.29) is 6.04 Å². The summed E-state index contributed by atoms with van der Waals surface area (Å²) in [4.78, 5) is 0.369. The van der Waals surface area contributed by atoms with Gasteiger partial charge in [-0.3, -0.25) is 0 Å². The maximum absolute atomic E-state index is 12.2. The van der Waals surface area contributed by atoms with Crippen molar-refractivity contribution >= 4 is 15.7 Å². The lowest BCUT2D eigenvalue weighted by Crippen LogP contribution is -2.28. The molecule has 0 saturated heterocycles. The van der Waals surface area contributed by atoms with Crippen molar-refractivity contribution < 1.29 is 8.42 Å². The standard InChI is InChI=1S/C12H18N2O2S/c1-3-13-10-4-8-12(9-5-10)17(15,16)14(2)11-6-7-11/h4-5,8-9,11,13H,3,6-7H2,1-2H3. The molecule has 0 heterocycles. The average molecular weight is 254 g/mol. The van der Waals surface area contributed by atoms with Gasteiger partial charge in [-0.15, -0.1) is 0 Å². The van der Waals surface area contributed by atoms with E-state index in [0.717, 1.165) is 25.1 Å². The molecule has 2 rings (SSSR count). The summed E-state index contributed by atoms with van der Waals surface area (Å²) in [5.41, 5.74) is 0.945. The molecule has 0 radical (unpaired) electrons. The van der Waals surface area contributed by atoms with Gasteiger partial charge in [0.2, 0.25) is 10.0 Å². The first-order valence-corrected chi connectivity index (χ1v) is 7.31. The van der Waals surface area contributed by atoms with Crippen molar-refractivity contribution in [2.75, 3.05) is 18.9 Å². The van der Waals surface area contributed by atoms with Gasteiger partial charge in [-0.05, 0) is 44.0 Å². The van der Waals surface area contributed by atoms with Crippen LogP contribution >= 0.6 is 0 Å². The van der Waals surface area contributed by atoms with Crippen LogP contribution < -0.4 is 5.32 Å². The number of hydrogen-bond acceptors (Lipinski definition) is 3. The highest BCUT2D eigenvalue weighted by Gasteiger charge is 2.34. The predicted octanol–water partition coefficient (Wildman–Crippen LogP) is 1.90. The number of hydrogen-bond donors (Lipinski definition) is 1. The Balaban J connectivity index is 2.20. The molecule has 17 heavy (non-hydrogen) atoms. The third-order valence-corrected chi connectivity index (χ3v) is 4.90. The van der Waals surface area contributed by atoms with E-state index in [9.17, 15) is 8.42 Å². The van der Waals surface area contributed by atoms with Crippen molar-refractivity contribution in [1.29, 1.82) is 0 Å². The van der Waals surface area contributed by atoms with E-state index in [2.05, 4.69) is 5.32 Å². The van der Waals surface area contributed by atoms with E-state index >= 15 is 0 Å². The first kappa shape index (κ1) is 12.4. The Morgan fingerprint density at radius 3 is 2.35 bits per heavy atom. The molecule has 94 valence electrons. The van der Waals surface area contributed by atoms with Gasteiger partial charge >= 0.3 is 0 Å². The first-order chi connectivity index (χ1) is 8.05. The summed E-state index contributed by atoms with van der Waals surface area (Å²) in [7, 11) is -1.64. The fourth-order valence-corrected chi connectivity index (χ4v) is 3.17. The van der Waals surface area contributed by atoms with Gasteiger partial charge < -0.3 is 5.32 Å². The van der Waals surface area contributed by atoms with Crippen LogP contribution in [-0.2, 0) is 10.0 Å². The minimum Gasteiger partial charge on any atom is -0.385 e. The number of nitrogens with one attached hydrogen (secondary N) is 1. The van der Waals surface area contributed by atoms with Crippen LogP contribution in [-0.4, -0.2) is 32.4 Å². The molecule has 5 heteroatoms. The van der Waals surface area contributed by atoms with E-state index in [1.165, 1.54) is 4.31 Å². The molecule has 1 aromatic rings.